The van der Waals surface area contributed by atoms with E-state index in [4.69, 9.17) is 16.4 Å². The summed E-state index contributed by atoms with van der Waals surface area (Å²) >= 11 is 6.24. The van der Waals surface area contributed by atoms with Gasteiger partial charge in [0.05, 0.1) is 10.6 Å². The molecule has 2 aliphatic heterocycles. The summed E-state index contributed by atoms with van der Waals surface area (Å²) < 4.78 is 0.680. The van der Waals surface area contributed by atoms with E-state index in [2.05, 4.69) is 4.90 Å². The summed E-state index contributed by atoms with van der Waals surface area (Å²) in [7, 11) is 0. The first kappa shape index (κ1) is 20.4. The van der Waals surface area contributed by atoms with Crippen molar-refractivity contribution in [2.45, 2.75) is 13.0 Å². The lowest BCUT2D eigenvalue weighted by Crippen LogP contribution is -2.50. The molecule has 160 valence electrons. The SMILES string of the molecule is O=C(On1c(O)ccc1O)N1CCN(Cc2ccc(Cl)c(C(=O)N3CCC3)c2)CC1. The Morgan fingerprint density at radius 2 is 1.60 bits per heavy atom. The molecule has 2 aromatic rings. The Labute approximate surface area is 178 Å². The molecule has 9 nitrogen and oxygen atoms in total. The Morgan fingerprint density at radius 1 is 0.933 bits per heavy atom. The summed E-state index contributed by atoms with van der Waals surface area (Å²) in [5.74, 6) is -0.742. The van der Waals surface area contributed by atoms with Gasteiger partial charge in [-0.05, 0) is 24.1 Å². The highest BCUT2D eigenvalue weighted by Gasteiger charge is 2.26. The number of rotatable bonds is 4. The molecule has 2 saturated heterocycles. The van der Waals surface area contributed by atoms with Crippen LogP contribution in [0.4, 0.5) is 4.79 Å². The number of hydrogen-bond donors (Lipinski definition) is 2. The molecule has 0 radical (unpaired) electrons. The van der Waals surface area contributed by atoms with Gasteiger partial charge in [0, 0.05) is 57.9 Å². The van der Waals surface area contributed by atoms with E-state index < -0.39 is 6.09 Å². The van der Waals surface area contributed by atoms with Gasteiger partial charge in [0.1, 0.15) is 0 Å². The van der Waals surface area contributed by atoms with E-state index >= 15 is 0 Å². The number of benzene rings is 1. The normalized spacial score (nSPS) is 17.0. The minimum atomic E-state index is -0.648. The van der Waals surface area contributed by atoms with Crippen LogP contribution in [0.5, 0.6) is 11.8 Å². The quantitative estimate of drug-likeness (QED) is 0.761. The van der Waals surface area contributed by atoms with Crippen LogP contribution < -0.4 is 4.84 Å². The zero-order chi connectivity index (χ0) is 21.3. The van der Waals surface area contributed by atoms with Gasteiger partial charge in [-0.2, -0.15) is 0 Å². The topological polar surface area (TPSA) is 98.5 Å². The number of carbonyl (C=O) groups excluding carboxylic acids is 2. The average Bonchev–Trinajstić information content (AvgIpc) is 3.00. The molecule has 2 fully saturated rings. The van der Waals surface area contributed by atoms with E-state index in [1.165, 1.54) is 17.0 Å². The lowest BCUT2D eigenvalue weighted by molar-refractivity contribution is 0.0554. The third-order valence-corrected chi connectivity index (χ3v) is 5.74. The number of nitrogens with zero attached hydrogens (tertiary/aromatic N) is 4. The fourth-order valence-electron chi connectivity index (χ4n) is 3.50. The number of likely N-dealkylation sites (tertiary alicyclic amines) is 1. The van der Waals surface area contributed by atoms with Crippen LogP contribution in [-0.2, 0) is 6.54 Å². The smallest absolute Gasteiger partial charge is 0.434 e. The molecule has 1 aromatic heterocycles. The Bertz CT molecular complexity index is 931. The van der Waals surface area contributed by atoms with Crippen LogP contribution in [0.15, 0.2) is 30.3 Å². The van der Waals surface area contributed by atoms with E-state index in [9.17, 15) is 19.8 Å². The second-order valence-electron chi connectivity index (χ2n) is 7.42. The summed E-state index contributed by atoms with van der Waals surface area (Å²) in [5.41, 5.74) is 1.52. The summed E-state index contributed by atoms with van der Waals surface area (Å²) in [6.07, 6.45) is 0.379. The van der Waals surface area contributed by atoms with Crippen molar-refractivity contribution in [3.05, 3.63) is 46.5 Å². The first-order chi connectivity index (χ1) is 14.4. The molecule has 0 spiro atoms. The van der Waals surface area contributed by atoms with Gasteiger partial charge in [-0.25, -0.2) is 4.79 Å². The maximum Gasteiger partial charge on any atom is 0.434 e. The van der Waals surface area contributed by atoms with Gasteiger partial charge in [0.25, 0.3) is 5.91 Å². The second-order valence-corrected chi connectivity index (χ2v) is 7.83. The highest BCUT2D eigenvalue weighted by molar-refractivity contribution is 6.33. The molecule has 2 N–H and O–H groups in total. The number of carbonyl (C=O) groups is 2. The van der Waals surface area contributed by atoms with Crippen LogP contribution in [-0.4, -0.2) is 80.9 Å². The van der Waals surface area contributed by atoms with E-state index in [1.54, 1.807) is 11.0 Å². The average molecular weight is 435 g/mol. The summed E-state index contributed by atoms with van der Waals surface area (Å²) in [6, 6.07) is 7.98. The predicted molar refractivity (Wildman–Crippen MR) is 109 cm³/mol. The molecule has 1 aromatic carbocycles. The zero-order valence-electron chi connectivity index (χ0n) is 16.3. The van der Waals surface area contributed by atoms with Crippen molar-refractivity contribution in [1.29, 1.82) is 0 Å². The van der Waals surface area contributed by atoms with Gasteiger partial charge >= 0.3 is 6.09 Å². The summed E-state index contributed by atoms with van der Waals surface area (Å²) in [5, 5.41) is 19.6. The fourth-order valence-corrected chi connectivity index (χ4v) is 3.70. The molecule has 0 bridgehead atoms. The minimum absolute atomic E-state index is 0.0304. The molecule has 3 heterocycles. The molecule has 2 amide bonds. The molecule has 0 aliphatic carbocycles. The summed E-state index contributed by atoms with van der Waals surface area (Å²) in [6.45, 7) is 4.31. The Kier molecular flexibility index (Phi) is 5.74. The zero-order valence-corrected chi connectivity index (χ0v) is 17.1. The molecule has 2 aliphatic rings. The maximum atomic E-state index is 12.5. The number of piperazine rings is 1. The lowest BCUT2D eigenvalue weighted by atomic mass is 10.1. The minimum Gasteiger partial charge on any atom is -0.492 e. The number of aromatic nitrogens is 1. The van der Waals surface area contributed by atoms with Gasteiger partial charge in [-0.1, -0.05) is 17.7 Å². The van der Waals surface area contributed by atoms with Crippen molar-refractivity contribution in [3.63, 3.8) is 0 Å². The largest absolute Gasteiger partial charge is 0.492 e. The number of amides is 2. The number of halogens is 1. The molecule has 4 rings (SSSR count). The Hall–Kier alpha value is -2.91. The first-order valence-corrected chi connectivity index (χ1v) is 10.2. The number of hydrogen-bond acceptors (Lipinski definition) is 6. The monoisotopic (exact) mass is 434 g/mol. The van der Waals surface area contributed by atoms with E-state index in [1.807, 2.05) is 12.1 Å². The highest BCUT2D eigenvalue weighted by Crippen LogP contribution is 2.23. The van der Waals surface area contributed by atoms with E-state index in [-0.39, 0.29) is 17.7 Å². The van der Waals surface area contributed by atoms with Crippen molar-refractivity contribution in [1.82, 2.24) is 19.4 Å². The van der Waals surface area contributed by atoms with E-state index in [0.29, 0.717) is 48.0 Å². The number of aromatic hydroxyl groups is 2. The van der Waals surface area contributed by atoms with Gasteiger partial charge in [0.15, 0.2) is 0 Å². The van der Waals surface area contributed by atoms with Gasteiger partial charge < -0.3 is 24.9 Å². The third kappa shape index (κ3) is 4.17. The summed E-state index contributed by atoms with van der Waals surface area (Å²) in [4.78, 5) is 35.3. The van der Waals surface area contributed by atoms with Crippen molar-refractivity contribution >= 4 is 23.6 Å². The third-order valence-electron chi connectivity index (χ3n) is 5.41. The van der Waals surface area contributed by atoms with Crippen LogP contribution in [0.2, 0.25) is 5.02 Å². The molecular formula is C20H23ClN4O5. The molecule has 10 heteroatoms. The van der Waals surface area contributed by atoms with Crippen molar-refractivity contribution in [2.75, 3.05) is 39.3 Å². The highest BCUT2D eigenvalue weighted by atomic mass is 35.5. The standard InChI is InChI=1S/C20H23ClN4O5/c21-16-3-2-14(12-15(16)19(28)23-6-1-7-23)13-22-8-10-24(11-9-22)20(29)30-25-17(26)4-5-18(25)27/h2-5,12,26-27H,1,6-11,13H2. The van der Waals surface area contributed by atoms with Crippen LogP contribution in [0, 0.1) is 0 Å². The van der Waals surface area contributed by atoms with Crippen LogP contribution in [0.25, 0.3) is 0 Å². The van der Waals surface area contributed by atoms with Gasteiger partial charge in [-0.15, -0.1) is 4.73 Å². The molecule has 0 atom stereocenters. The molecule has 30 heavy (non-hydrogen) atoms. The van der Waals surface area contributed by atoms with Gasteiger partial charge in [0.2, 0.25) is 11.8 Å². The van der Waals surface area contributed by atoms with Crippen LogP contribution >= 0.6 is 11.6 Å². The molecule has 0 saturated carbocycles. The molecular weight excluding hydrogens is 412 g/mol. The first-order valence-electron chi connectivity index (χ1n) is 9.79. The maximum absolute atomic E-state index is 12.5. The van der Waals surface area contributed by atoms with Crippen LogP contribution in [0.1, 0.15) is 22.3 Å². The molecule has 0 unspecified atom stereocenters. The van der Waals surface area contributed by atoms with E-state index in [0.717, 1.165) is 25.1 Å². The van der Waals surface area contributed by atoms with Crippen molar-refractivity contribution in [2.24, 2.45) is 0 Å². The second kappa shape index (κ2) is 8.45. The van der Waals surface area contributed by atoms with Crippen LogP contribution in [0.3, 0.4) is 0 Å². The van der Waals surface area contributed by atoms with Crippen molar-refractivity contribution < 1.29 is 24.6 Å². The Morgan fingerprint density at radius 3 is 2.20 bits per heavy atom. The predicted octanol–water partition coefficient (Wildman–Crippen LogP) is 1.77. The Balaban J connectivity index is 1.32. The lowest BCUT2D eigenvalue weighted by Gasteiger charge is -2.34. The fraction of sp³-hybridized carbons (Fsp3) is 0.400. The van der Waals surface area contributed by atoms with Gasteiger partial charge in [-0.3, -0.25) is 9.69 Å². The van der Waals surface area contributed by atoms with Crippen molar-refractivity contribution in [3.8, 4) is 11.8 Å².